The Kier molecular flexibility index (Phi) is 11.6. The number of halogens is 7. The molecule has 0 aliphatic heterocycles. The van der Waals surface area contributed by atoms with Crippen molar-refractivity contribution in [2.24, 2.45) is 17.8 Å². The van der Waals surface area contributed by atoms with Crippen molar-refractivity contribution in [1.29, 1.82) is 0 Å². The van der Waals surface area contributed by atoms with Crippen LogP contribution in [0.4, 0.5) is 30.7 Å². The number of benzene rings is 2. The lowest BCUT2D eigenvalue weighted by molar-refractivity contribution is -0.305. The molecule has 0 heterocycles. The monoisotopic (exact) mass is 614 g/mol. The standard InChI is InChI=1S/C34H41F7O2/c1-2-3-6-23-9-11-24(12-10-23)7-4-5-8-25-13-15-26(16-14-25)33(38,39)42-28-19-17-27(18-20-28)34(40,41)43-29-21-30(35)32(37)31(36)22-29/h5,8-12,21-22,25-28H,2-4,6-7,13-20H2,1H3/b8-5+. The maximum absolute atomic E-state index is 15.0. The Morgan fingerprint density at radius 2 is 1.28 bits per heavy atom. The predicted octanol–water partition coefficient (Wildman–Crippen LogP) is 10.6. The minimum absolute atomic E-state index is 0.0229. The molecular weight excluding hydrogens is 573 g/mol. The van der Waals surface area contributed by atoms with Gasteiger partial charge in [-0.05, 0) is 94.1 Å². The highest BCUT2D eigenvalue weighted by Gasteiger charge is 2.48. The van der Waals surface area contributed by atoms with Gasteiger partial charge in [-0.25, -0.2) is 13.2 Å². The predicted molar refractivity (Wildman–Crippen MR) is 152 cm³/mol. The number of hydrogen-bond donors (Lipinski definition) is 0. The number of ether oxygens (including phenoxy) is 2. The lowest BCUT2D eigenvalue weighted by Crippen LogP contribution is -2.42. The Bertz CT molecular complexity index is 1160. The van der Waals surface area contributed by atoms with Gasteiger partial charge in [-0.3, -0.25) is 0 Å². The molecule has 238 valence electrons. The van der Waals surface area contributed by atoms with Gasteiger partial charge >= 0.3 is 12.2 Å². The van der Waals surface area contributed by atoms with Gasteiger partial charge in [-0.15, -0.1) is 0 Å². The summed E-state index contributed by atoms with van der Waals surface area (Å²) in [6.07, 6.45) is 3.14. The van der Waals surface area contributed by atoms with Crippen molar-refractivity contribution in [3.63, 3.8) is 0 Å². The molecule has 2 aliphatic rings. The topological polar surface area (TPSA) is 18.5 Å². The summed E-state index contributed by atoms with van der Waals surface area (Å²) in [6, 6.07) is 9.43. The van der Waals surface area contributed by atoms with Gasteiger partial charge in [0.25, 0.3) is 0 Å². The molecule has 2 saturated carbocycles. The van der Waals surface area contributed by atoms with Gasteiger partial charge < -0.3 is 9.47 Å². The molecule has 2 aromatic carbocycles. The molecule has 0 aromatic heterocycles. The molecule has 0 saturated heterocycles. The van der Waals surface area contributed by atoms with Gasteiger partial charge in [-0.2, -0.15) is 17.6 Å². The molecule has 4 rings (SSSR count). The Hall–Kier alpha value is -2.55. The van der Waals surface area contributed by atoms with E-state index in [0.717, 1.165) is 19.3 Å². The average molecular weight is 615 g/mol. The summed E-state index contributed by atoms with van der Waals surface area (Å²) in [5.41, 5.74) is 2.65. The number of hydrogen-bond acceptors (Lipinski definition) is 2. The molecule has 0 bridgehead atoms. The lowest BCUT2D eigenvalue weighted by Gasteiger charge is -2.37. The minimum Gasteiger partial charge on any atom is -0.432 e. The summed E-state index contributed by atoms with van der Waals surface area (Å²) >= 11 is 0. The van der Waals surface area contributed by atoms with Crippen molar-refractivity contribution in [2.45, 2.75) is 109 Å². The summed E-state index contributed by atoms with van der Waals surface area (Å²) in [7, 11) is 0. The summed E-state index contributed by atoms with van der Waals surface area (Å²) in [4.78, 5) is 0. The molecule has 2 aromatic rings. The summed E-state index contributed by atoms with van der Waals surface area (Å²) in [5.74, 6) is -7.94. The molecule has 0 spiro atoms. The van der Waals surface area contributed by atoms with E-state index < -0.39 is 53.4 Å². The van der Waals surface area contributed by atoms with E-state index in [9.17, 15) is 22.0 Å². The number of alkyl halides is 4. The SMILES string of the molecule is CCCCc1ccc(CC/C=C/C2CCC(C(F)(F)OC3CCC(C(F)(F)Oc4cc(F)c(F)c(F)c4)CC3)CC2)cc1. The van der Waals surface area contributed by atoms with Crippen LogP contribution in [0.5, 0.6) is 5.75 Å². The van der Waals surface area contributed by atoms with Crippen molar-refractivity contribution >= 4 is 0 Å². The Labute approximate surface area is 249 Å². The van der Waals surface area contributed by atoms with Crippen LogP contribution >= 0.6 is 0 Å². The molecule has 2 aliphatic carbocycles. The van der Waals surface area contributed by atoms with Gasteiger partial charge in [-0.1, -0.05) is 49.8 Å². The average Bonchev–Trinajstić information content (AvgIpc) is 2.98. The van der Waals surface area contributed by atoms with Gasteiger partial charge in [0.1, 0.15) is 5.75 Å². The highest BCUT2D eigenvalue weighted by Crippen LogP contribution is 2.44. The molecule has 0 N–H and O–H groups in total. The molecule has 43 heavy (non-hydrogen) atoms. The van der Waals surface area contributed by atoms with Crippen LogP contribution in [-0.4, -0.2) is 18.3 Å². The maximum atomic E-state index is 15.0. The number of rotatable bonds is 13. The highest BCUT2D eigenvalue weighted by molar-refractivity contribution is 5.25. The molecule has 2 nitrogen and oxygen atoms in total. The third-order valence-electron chi connectivity index (χ3n) is 8.78. The van der Waals surface area contributed by atoms with E-state index in [4.69, 9.17) is 4.74 Å². The molecule has 2 fully saturated rings. The highest BCUT2D eigenvalue weighted by atomic mass is 19.3. The fourth-order valence-electron chi connectivity index (χ4n) is 6.11. The molecule has 9 heteroatoms. The smallest absolute Gasteiger partial charge is 0.400 e. The summed E-state index contributed by atoms with van der Waals surface area (Å²) < 4.78 is 109. The van der Waals surface area contributed by atoms with Crippen molar-refractivity contribution in [2.75, 3.05) is 0 Å². The van der Waals surface area contributed by atoms with E-state index in [1.807, 2.05) is 0 Å². The van der Waals surface area contributed by atoms with E-state index in [1.54, 1.807) is 0 Å². The largest absolute Gasteiger partial charge is 0.432 e. The van der Waals surface area contributed by atoms with Crippen LogP contribution < -0.4 is 4.74 Å². The van der Waals surface area contributed by atoms with Crippen LogP contribution in [0.1, 0.15) is 88.7 Å². The van der Waals surface area contributed by atoms with Crippen LogP contribution in [0.25, 0.3) is 0 Å². The van der Waals surface area contributed by atoms with E-state index >= 15 is 8.78 Å². The van der Waals surface area contributed by atoms with Crippen LogP contribution in [0.2, 0.25) is 0 Å². The first-order valence-electron chi connectivity index (χ1n) is 15.5. The first-order valence-corrected chi connectivity index (χ1v) is 15.5. The number of allylic oxidation sites excluding steroid dienone is 2. The fourth-order valence-corrected chi connectivity index (χ4v) is 6.11. The molecule has 0 atom stereocenters. The molecule has 0 amide bonds. The third kappa shape index (κ3) is 9.47. The number of aryl methyl sites for hydroxylation is 2. The Balaban J connectivity index is 1.17. The molecule has 0 unspecified atom stereocenters. The van der Waals surface area contributed by atoms with Crippen LogP contribution in [-0.2, 0) is 17.6 Å². The van der Waals surface area contributed by atoms with E-state index in [1.165, 1.54) is 24.0 Å². The van der Waals surface area contributed by atoms with Crippen LogP contribution in [0.3, 0.4) is 0 Å². The Morgan fingerprint density at radius 3 is 1.86 bits per heavy atom. The molecule has 0 radical (unpaired) electrons. The maximum Gasteiger partial charge on any atom is 0.400 e. The van der Waals surface area contributed by atoms with Gasteiger partial charge in [0, 0.05) is 12.1 Å². The van der Waals surface area contributed by atoms with Crippen molar-refractivity contribution < 1.29 is 40.2 Å². The van der Waals surface area contributed by atoms with E-state index in [0.29, 0.717) is 37.8 Å². The van der Waals surface area contributed by atoms with Crippen LogP contribution in [0, 0.1) is 35.2 Å². The Morgan fingerprint density at radius 1 is 0.744 bits per heavy atom. The second kappa shape index (κ2) is 15.0. The normalized spacial score (nSPS) is 23.5. The third-order valence-corrected chi connectivity index (χ3v) is 8.78. The quantitative estimate of drug-likeness (QED) is 0.127. The van der Waals surface area contributed by atoms with Crippen LogP contribution in [0.15, 0.2) is 48.6 Å². The zero-order valence-electron chi connectivity index (χ0n) is 24.6. The van der Waals surface area contributed by atoms with Crippen molar-refractivity contribution in [3.05, 3.63) is 77.1 Å². The zero-order chi connectivity index (χ0) is 31.0. The summed E-state index contributed by atoms with van der Waals surface area (Å²) in [6.45, 7) is 2.18. The second-order valence-electron chi connectivity index (χ2n) is 12.0. The van der Waals surface area contributed by atoms with Crippen molar-refractivity contribution in [3.8, 4) is 5.75 Å². The first kappa shape index (κ1) is 33.3. The lowest BCUT2D eigenvalue weighted by atomic mass is 9.81. The van der Waals surface area contributed by atoms with Gasteiger partial charge in [0.15, 0.2) is 17.5 Å². The second-order valence-corrected chi connectivity index (χ2v) is 12.0. The van der Waals surface area contributed by atoms with Crippen molar-refractivity contribution in [1.82, 2.24) is 0 Å². The minimum atomic E-state index is -3.81. The van der Waals surface area contributed by atoms with Gasteiger partial charge in [0.2, 0.25) is 0 Å². The zero-order valence-corrected chi connectivity index (χ0v) is 24.6. The fraction of sp³-hybridized carbons (Fsp3) is 0.588. The van der Waals surface area contributed by atoms with E-state index in [-0.39, 0.29) is 31.6 Å². The number of unbranched alkanes of at least 4 members (excludes halogenated alkanes) is 1. The molecular formula is C34H41F7O2. The summed E-state index contributed by atoms with van der Waals surface area (Å²) in [5, 5.41) is 0. The van der Waals surface area contributed by atoms with Gasteiger partial charge in [0.05, 0.1) is 17.9 Å². The van der Waals surface area contributed by atoms with E-state index in [2.05, 4.69) is 48.1 Å². The first-order chi connectivity index (χ1) is 20.5.